The lowest BCUT2D eigenvalue weighted by atomic mass is 10.1. The van der Waals surface area contributed by atoms with Crippen molar-refractivity contribution in [1.29, 1.82) is 0 Å². The van der Waals surface area contributed by atoms with Crippen LogP contribution in [0.25, 0.3) is 0 Å². The molecule has 2 N–H and O–H groups in total. The van der Waals surface area contributed by atoms with Crippen LogP contribution in [0.3, 0.4) is 0 Å². The van der Waals surface area contributed by atoms with E-state index in [1.54, 1.807) is 7.11 Å². The van der Waals surface area contributed by atoms with E-state index in [1.807, 2.05) is 24.6 Å². The average Bonchev–Trinajstić information content (AvgIpc) is 2.93. The molecule has 0 aliphatic carbocycles. The molecule has 8 heteroatoms. The van der Waals surface area contributed by atoms with Crippen LogP contribution >= 0.6 is 0 Å². The van der Waals surface area contributed by atoms with E-state index >= 15 is 0 Å². The van der Waals surface area contributed by atoms with Crippen LogP contribution in [-0.4, -0.2) is 71.6 Å². The molecule has 0 atom stereocenters. The Hall–Kier alpha value is -1.93. The van der Waals surface area contributed by atoms with Gasteiger partial charge in [-0.3, -0.25) is 4.90 Å². The van der Waals surface area contributed by atoms with Gasteiger partial charge < -0.3 is 19.9 Å². The van der Waals surface area contributed by atoms with Crippen LogP contribution in [-0.2, 0) is 18.3 Å². The van der Waals surface area contributed by atoms with Crippen molar-refractivity contribution in [3.8, 4) is 0 Å². The molecule has 1 aromatic heterocycles. The summed E-state index contributed by atoms with van der Waals surface area (Å²) >= 11 is 0. The number of nitrogens with one attached hydrogen (secondary N) is 2. The monoisotopic (exact) mass is 349 g/mol. The van der Waals surface area contributed by atoms with Crippen molar-refractivity contribution in [2.45, 2.75) is 32.4 Å². The van der Waals surface area contributed by atoms with E-state index in [9.17, 15) is 0 Å². The highest BCUT2D eigenvalue weighted by Gasteiger charge is 2.19. The van der Waals surface area contributed by atoms with Crippen LogP contribution in [0.2, 0.25) is 0 Å². The number of likely N-dealkylation sites (tertiary alicyclic amines) is 1. The van der Waals surface area contributed by atoms with Gasteiger partial charge in [-0.2, -0.15) is 0 Å². The first-order valence-corrected chi connectivity index (χ1v) is 8.86. The standard InChI is InChI=1S/C17H31N7O/c1-5-9-24-10-6-15(7-11-24)20-17(18-8-12-25-4)19-13-16-22-21-14(2)23(16)3/h5,15H,1,6-13H2,2-4H3,(H2,18,19,20). The largest absolute Gasteiger partial charge is 0.383 e. The lowest BCUT2D eigenvalue weighted by Crippen LogP contribution is -2.49. The van der Waals surface area contributed by atoms with E-state index in [4.69, 9.17) is 4.74 Å². The second kappa shape index (κ2) is 10.1. The lowest BCUT2D eigenvalue weighted by molar-refractivity contribution is 0.202. The topological polar surface area (TPSA) is 79.6 Å². The normalized spacial score (nSPS) is 16.8. The maximum Gasteiger partial charge on any atom is 0.192 e. The van der Waals surface area contributed by atoms with Crippen molar-refractivity contribution in [3.05, 3.63) is 24.3 Å². The molecule has 0 aromatic carbocycles. The Kier molecular flexibility index (Phi) is 7.87. The molecule has 0 unspecified atom stereocenters. The highest BCUT2D eigenvalue weighted by molar-refractivity contribution is 5.80. The molecule has 8 nitrogen and oxygen atoms in total. The molecule has 1 fully saturated rings. The molecular weight excluding hydrogens is 318 g/mol. The molecule has 0 radical (unpaired) electrons. The van der Waals surface area contributed by atoms with Gasteiger partial charge in [0.2, 0.25) is 0 Å². The van der Waals surface area contributed by atoms with E-state index in [2.05, 4.69) is 37.3 Å². The molecule has 25 heavy (non-hydrogen) atoms. The number of hydrogen-bond donors (Lipinski definition) is 2. The van der Waals surface area contributed by atoms with E-state index in [0.29, 0.717) is 19.2 Å². The smallest absolute Gasteiger partial charge is 0.192 e. The molecule has 1 aliphatic rings. The fourth-order valence-electron chi connectivity index (χ4n) is 2.80. The molecule has 2 heterocycles. The number of methoxy groups -OCH3 is 1. The molecular formula is C17H31N7O. The number of ether oxygens (including phenoxy) is 1. The molecule has 0 saturated carbocycles. The van der Waals surface area contributed by atoms with Crippen molar-refractivity contribution >= 4 is 5.96 Å². The van der Waals surface area contributed by atoms with Crippen molar-refractivity contribution in [1.82, 2.24) is 30.3 Å². The van der Waals surface area contributed by atoms with Gasteiger partial charge in [-0.05, 0) is 19.8 Å². The number of aryl methyl sites for hydroxylation is 1. The van der Waals surface area contributed by atoms with Crippen LogP contribution in [0.15, 0.2) is 17.6 Å². The summed E-state index contributed by atoms with van der Waals surface area (Å²) in [6.07, 6.45) is 4.17. The molecule has 1 aliphatic heterocycles. The van der Waals surface area contributed by atoms with Crippen molar-refractivity contribution in [3.63, 3.8) is 0 Å². The fraction of sp³-hybridized carbons (Fsp3) is 0.706. The van der Waals surface area contributed by atoms with Crippen LogP contribution in [0, 0.1) is 6.92 Å². The zero-order valence-corrected chi connectivity index (χ0v) is 15.7. The molecule has 1 saturated heterocycles. The SMILES string of the molecule is C=CCN1CCC(NC(=NCc2nnc(C)n2C)NCCOC)CC1. The van der Waals surface area contributed by atoms with Crippen molar-refractivity contribution < 1.29 is 4.74 Å². The van der Waals surface area contributed by atoms with Crippen LogP contribution in [0.5, 0.6) is 0 Å². The maximum absolute atomic E-state index is 5.12. The summed E-state index contributed by atoms with van der Waals surface area (Å²) in [5.41, 5.74) is 0. The number of rotatable bonds is 8. The van der Waals surface area contributed by atoms with Crippen molar-refractivity contribution in [2.24, 2.45) is 12.0 Å². The van der Waals surface area contributed by atoms with Gasteiger partial charge in [-0.1, -0.05) is 6.08 Å². The van der Waals surface area contributed by atoms with Gasteiger partial charge in [-0.15, -0.1) is 16.8 Å². The van der Waals surface area contributed by atoms with Gasteiger partial charge in [-0.25, -0.2) is 4.99 Å². The summed E-state index contributed by atoms with van der Waals surface area (Å²) in [7, 11) is 3.66. The summed E-state index contributed by atoms with van der Waals surface area (Å²) < 4.78 is 7.08. The van der Waals surface area contributed by atoms with E-state index in [0.717, 1.165) is 56.6 Å². The third-order valence-corrected chi connectivity index (χ3v) is 4.48. The summed E-state index contributed by atoms with van der Waals surface area (Å²) in [5, 5.41) is 15.1. The highest BCUT2D eigenvalue weighted by Crippen LogP contribution is 2.10. The zero-order valence-electron chi connectivity index (χ0n) is 15.7. The summed E-state index contributed by atoms with van der Waals surface area (Å²) in [6, 6.07) is 0.427. The van der Waals surface area contributed by atoms with Gasteiger partial charge in [0, 0.05) is 46.4 Å². The third-order valence-electron chi connectivity index (χ3n) is 4.48. The predicted molar refractivity (Wildman–Crippen MR) is 99.6 cm³/mol. The van der Waals surface area contributed by atoms with Gasteiger partial charge in [0.05, 0.1) is 6.61 Å². The average molecular weight is 349 g/mol. The van der Waals surface area contributed by atoms with Gasteiger partial charge >= 0.3 is 0 Å². The Morgan fingerprint density at radius 3 is 2.76 bits per heavy atom. The van der Waals surface area contributed by atoms with Gasteiger partial charge in [0.1, 0.15) is 12.4 Å². The number of hydrogen-bond acceptors (Lipinski definition) is 5. The zero-order chi connectivity index (χ0) is 18.1. The molecule has 0 amide bonds. The molecule has 140 valence electrons. The molecule has 0 bridgehead atoms. The number of aliphatic imine (C=N–C) groups is 1. The Labute approximate surface area is 150 Å². The summed E-state index contributed by atoms with van der Waals surface area (Å²) in [4.78, 5) is 7.09. The molecule has 1 aromatic rings. The Balaban J connectivity index is 1.92. The van der Waals surface area contributed by atoms with E-state index in [1.165, 1.54) is 0 Å². The first-order chi connectivity index (χ1) is 12.1. The summed E-state index contributed by atoms with van der Waals surface area (Å²) in [5.74, 6) is 2.55. The first kappa shape index (κ1) is 19.4. The van der Waals surface area contributed by atoms with Crippen LogP contribution in [0.4, 0.5) is 0 Å². The number of aromatic nitrogens is 3. The Bertz CT molecular complexity index is 561. The molecule has 0 spiro atoms. The second-order valence-corrected chi connectivity index (χ2v) is 6.31. The lowest BCUT2D eigenvalue weighted by Gasteiger charge is -2.32. The number of guanidine groups is 1. The Morgan fingerprint density at radius 2 is 2.16 bits per heavy atom. The van der Waals surface area contributed by atoms with E-state index < -0.39 is 0 Å². The fourth-order valence-corrected chi connectivity index (χ4v) is 2.80. The van der Waals surface area contributed by atoms with Crippen LogP contribution in [0.1, 0.15) is 24.5 Å². The Morgan fingerprint density at radius 1 is 1.40 bits per heavy atom. The van der Waals surface area contributed by atoms with Crippen LogP contribution < -0.4 is 10.6 Å². The number of nitrogens with zero attached hydrogens (tertiary/aromatic N) is 5. The van der Waals surface area contributed by atoms with Crippen molar-refractivity contribution in [2.75, 3.05) is 39.9 Å². The highest BCUT2D eigenvalue weighted by atomic mass is 16.5. The maximum atomic E-state index is 5.12. The third kappa shape index (κ3) is 6.13. The molecule has 2 rings (SSSR count). The predicted octanol–water partition coefficient (Wildman–Crippen LogP) is 0.456. The summed E-state index contributed by atoms with van der Waals surface area (Å²) in [6.45, 7) is 10.7. The second-order valence-electron chi connectivity index (χ2n) is 6.31. The first-order valence-electron chi connectivity index (χ1n) is 8.86. The minimum atomic E-state index is 0.427. The quantitative estimate of drug-likeness (QED) is 0.307. The minimum absolute atomic E-state index is 0.427. The minimum Gasteiger partial charge on any atom is -0.383 e. The van der Waals surface area contributed by atoms with E-state index in [-0.39, 0.29) is 0 Å². The number of piperidine rings is 1. The van der Waals surface area contributed by atoms with Gasteiger partial charge in [0.25, 0.3) is 0 Å². The van der Waals surface area contributed by atoms with Gasteiger partial charge in [0.15, 0.2) is 11.8 Å².